The van der Waals surface area contributed by atoms with Gasteiger partial charge < -0.3 is 15.0 Å². The molecule has 0 bridgehead atoms. The Morgan fingerprint density at radius 3 is 2.73 bits per heavy atom. The number of H-pyrrole nitrogens is 1. The summed E-state index contributed by atoms with van der Waals surface area (Å²) < 4.78 is 0. The molecule has 1 heterocycles. The minimum atomic E-state index is -0.0428. The fraction of sp³-hybridized carbons (Fsp3) is 0.667. The summed E-state index contributed by atoms with van der Waals surface area (Å²) in [5, 5.41) is 9.43. The third kappa shape index (κ3) is 2.75. The molecule has 15 heavy (non-hydrogen) atoms. The van der Waals surface area contributed by atoms with E-state index in [2.05, 4.69) is 23.0 Å². The van der Waals surface area contributed by atoms with Gasteiger partial charge in [0.1, 0.15) is 0 Å². The van der Waals surface area contributed by atoms with E-state index in [0.29, 0.717) is 0 Å². The molecule has 2 rings (SSSR count). The van der Waals surface area contributed by atoms with Crippen LogP contribution in [0.3, 0.4) is 0 Å². The van der Waals surface area contributed by atoms with Crippen LogP contribution >= 0.6 is 0 Å². The number of rotatable bonds is 3. The molecule has 1 aliphatic carbocycles. The first-order valence-electron chi connectivity index (χ1n) is 5.77. The van der Waals surface area contributed by atoms with Crippen molar-refractivity contribution in [3.8, 4) is 0 Å². The first-order chi connectivity index (χ1) is 7.25. The van der Waals surface area contributed by atoms with Gasteiger partial charge in [0.15, 0.2) is 0 Å². The molecule has 1 fully saturated rings. The third-order valence-corrected chi connectivity index (χ3v) is 3.37. The summed E-state index contributed by atoms with van der Waals surface area (Å²) in [6.45, 7) is 1.10. The molecular weight excluding hydrogens is 188 g/mol. The standard InChI is InChI=1S/C12H20N2O/c1-14(11-6-7-13-8-11)9-10-2-4-12(15)5-3-10/h6-8,10,12-13,15H,2-5,9H2,1H3. The highest BCUT2D eigenvalue weighted by atomic mass is 16.3. The second-order valence-corrected chi connectivity index (χ2v) is 4.62. The molecule has 0 aliphatic heterocycles. The Labute approximate surface area is 91.1 Å². The zero-order valence-corrected chi connectivity index (χ0v) is 9.32. The number of nitrogens with zero attached hydrogens (tertiary/aromatic N) is 1. The van der Waals surface area contributed by atoms with Gasteiger partial charge in [-0.05, 0) is 37.7 Å². The van der Waals surface area contributed by atoms with Gasteiger partial charge >= 0.3 is 0 Å². The number of aromatic amines is 1. The molecule has 1 aliphatic rings. The summed E-state index contributed by atoms with van der Waals surface area (Å²) >= 11 is 0. The van der Waals surface area contributed by atoms with Crippen molar-refractivity contribution in [2.75, 3.05) is 18.5 Å². The van der Waals surface area contributed by atoms with Crippen molar-refractivity contribution >= 4 is 5.69 Å². The smallest absolute Gasteiger partial charge is 0.0541 e. The lowest BCUT2D eigenvalue weighted by molar-refractivity contribution is 0.110. The molecule has 1 saturated carbocycles. The fourth-order valence-electron chi connectivity index (χ4n) is 2.37. The van der Waals surface area contributed by atoms with E-state index in [1.165, 1.54) is 5.69 Å². The second kappa shape index (κ2) is 4.71. The summed E-state index contributed by atoms with van der Waals surface area (Å²) in [5.41, 5.74) is 1.25. The van der Waals surface area contributed by atoms with Crippen LogP contribution in [0.5, 0.6) is 0 Å². The summed E-state index contributed by atoms with van der Waals surface area (Å²) in [7, 11) is 2.13. The van der Waals surface area contributed by atoms with Crippen molar-refractivity contribution in [2.45, 2.75) is 31.8 Å². The SMILES string of the molecule is CN(CC1CCC(O)CC1)c1cc[nH]c1. The molecule has 0 radical (unpaired) electrons. The summed E-state index contributed by atoms with van der Waals surface area (Å²) in [5.74, 6) is 0.744. The highest BCUT2D eigenvalue weighted by Crippen LogP contribution is 2.26. The number of aliphatic hydroxyl groups excluding tert-OH is 1. The number of hydrogen-bond donors (Lipinski definition) is 2. The topological polar surface area (TPSA) is 39.3 Å². The molecule has 0 saturated heterocycles. The maximum absolute atomic E-state index is 9.43. The van der Waals surface area contributed by atoms with Crippen LogP contribution in [-0.4, -0.2) is 29.8 Å². The lowest BCUT2D eigenvalue weighted by Crippen LogP contribution is -2.29. The predicted octanol–water partition coefficient (Wildman–Crippen LogP) is 2.00. The number of nitrogens with one attached hydrogen (secondary N) is 1. The summed E-state index contributed by atoms with van der Waals surface area (Å²) in [4.78, 5) is 5.36. The molecule has 2 N–H and O–H groups in total. The molecular formula is C12H20N2O. The lowest BCUT2D eigenvalue weighted by Gasteiger charge is -2.29. The Bertz CT molecular complexity index is 276. The van der Waals surface area contributed by atoms with Crippen molar-refractivity contribution in [3.05, 3.63) is 18.5 Å². The minimum Gasteiger partial charge on any atom is -0.393 e. The Morgan fingerprint density at radius 1 is 1.40 bits per heavy atom. The van der Waals surface area contributed by atoms with Crippen LogP contribution in [0.15, 0.2) is 18.5 Å². The zero-order chi connectivity index (χ0) is 10.7. The molecule has 1 aromatic heterocycles. The Kier molecular flexibility index (Phi) is 3.31. The first kappa shape index (κ1) is 10.6. The molecule has 1 aromatic rings. The number of aliphatic hydroxyl groups is 1. The molecule has 0 unspecified atom stereocenters. The van der Waals surface area contributed by atoms with E-state index in [1.807, 2.05) is 12.4 Å². The highest BCUT2D eigenvalue weighted by Gasteiger charge is 2.20. The Morgan fingerprint density at radius 2 is 2.13 bits per heavy atom. The van der Waals surface area contributed by atoms with E-state index in [-0.39, 0.29) is 6.10 Å². The van der Waals surface area contributed by atoms with Crippen molar-refractivity contribution < 1.29 is 5.11 Å². The van der Waals surface area contributed by atoms with E-state index in [9.17, 15) is 5.11 Å². The summed E-state index contributed by atoms with van der Waals surface area (Å²) in [6, 6.07) is 2.09. The molecule has 84 valence electrons. The molecule has 0 spiro atoms. The average Bonchev–Trinajstić information content (AvgIpc) is 2.74. The van der Waals surface area contributed by atoms with Crippen molar-refractivity contribution in [1.82, 2.24) is 4.98 Å². The van der Waals surface area contributed by atoms with Crippen molar-refractivity contribution in [3.63, 3.8) is 0 Å². The van der Waals surface area contributed by atoms with E-state index in [0.717, 1.165) is 38.1 Å². The fourth-order valence-corrected chi connectivity index (χ4v) is 2.37. The van der Waals surface area contributed by atoms with E-state index >= 15 is 0 Å². The van der Waals surface area contributed by atoms with Gasteiger partial charge in [0, 0.05) is 26.0 Å². The predicted molar refractivity (Wildman–Crippen MR) is 62.0 cm³/mol. The Hall–Kier alpha value is -0.960. The maximum Gasteiger partial charge on any atom is 0.0541 e. The zero-order valence-electron chi connectivity index (χ0n) is 9.32. The lowest BCUT2D eigenvalue weighted by atomic mass is 9.87. The minimum absolute atomic E-state index is 0.0428. The van der Waals surface area contributed by atoms with Crippen LogP contribution in [-0.2, 0) is 0 Å². The van der Waals surface area contributed by atoms with Crippen LogP contribution in [0.2, 0.25) is 0 Å². The van der Waals surface area contributed by atoms with E-state index in [1.54, 1.807) is 0 Å². The number of hydrogen-bond acceptors (Lipinski definition) is 2. The van der Waals surface area contributed by atoms with Crippen molar-refractivity contribution in [1.29, 1.82) is 0 Å². The van der Waals surface area contributed by atoms with Crippen LogP contribution in [0.1, 0.15) is 25.7 Å². The number of aromatic nitrogens is 1. The quantitative estimate of drug-likeness (QED) is 0.797. The third-order valence-electron chi connectivity index (χ3n) is 3.37. The highest BCUT2D eigenvalue weighted by molar-refractivity contribution is 5.43. The summed E-state index contributed by atoms with van der Waals surface area (Å²) in [6.07, 6.45) is 8.22. The molecule has 0 amide bonds. The van der Waals surface area contributed by atoms with Crippen LogP contribution in [0.25, 0.3) is 0 Å². The maximum atomic E-state index is 9.43. The van der Waals surface area contributed by atoms with Crippen LogP contribution in [0.4, 0.5) is 5.69 Å². The molecule has 3 heteroatoms. The largest absolute Gasteiger partial charge is 0.393 e. The first-order valence-corrected chi connectivity index (χ1v) is 5.77. The second-order valence-electron chi connectivity index (χ2n) is 4.62. The average molecular weight is 208 g/mol. The van der Waals surface area contributed by atoms with E-state index in [4.69, 9.17) is 0 Å². The van der Waals surface area contributed by atoms with Gasteiger partial charge in [-0.1, -0.05) is 0 Å². The molecule has 3 nitrogen and oxygen atoms in total. The number of anilines is 1. The Balaban J connectivity index is 1.82. The van der Waals surface area contributed by atoms with Crippen LogP contribution < -0.4 is 4.90 Å². The van der Waals surface area contributed by atoms with Gasteiger partial charge in [-0.2, -0.15) is 0 Å². The normalized spacial score (nSPS) is 26.5. The van der Waals surface area contributed by atoms with Gasteiger partial charge in [0.2, 0.25) is 0 Å². The van der Waals surface area contributed by atoms with E-state index < -0.39 is 0 Å². The van der Waals surface area contributed by atoms with Crippen molar-refractivity contribution in [2.24, 2.45) is 5.92 Å². The monoisotopic (exact) mass is 208 g/mol. The van der Waals surface area contributed by atoms with Gasteiger partial charge in [-0.25, -0.2) is 0 Å². The van der Waals surface area contributed by atoms with Gasteiger partial charge in [-0.15, -0.1) is 0 Å². The molecule has 0 aromatic carbocycles. The van der Waals surface area contributed by atoms with Gasteiger partial charge in [0.25, 0.3) is 0 Å². The van der Waals surface area contributed by atoms with Crippen LogP contribution in [0, 0.1) is 5.92 Å². The van der Waals surface area contributed by atoms with Gasteiger partial charge in [0.05, 0.1) is 11.8 Å². The molecule has 0 atom stereocenters. The van der Waals surface area contributed by atoms with Gasteiger partial charge in [-0.3, -0.25) is 0 Å².